The second-order valence-corrected chi connectivity index (χ2v) is 6.12. The third kappa shape index (κ3) is 4.23. The minimum Gasteiger partial charge on any atom is -0.493 e. The minimum atomic E-state index is -4.48. The van der Waals surface area contributed by atoms with E-state index in [2.05, 4.69) is 20.9 Å². The number of anilines is 1. The van der Waals surface area contributed by atoms with Crippen LogP contribution in [0.1, 0.15) is 24.1 Å². The first-order valence-electron chi connectivity index (χ1n) is 8.22. The van der Waals surface area contributed by atoms with Gasteiger partial charge in [-0.3, -0.25) is 9.97 Å². The number of rotatable bonds is 4. The van der Waals surface area contributed by atoms with E-state index in [-0.39, 0.29) is 11.7 Å². The second-order valence-electron chi connectivity index (χ2n) is 6.12. The Morgan fingerprint density at radius 3 is 2.69 bits per heavy atom. The van der Waals surface area contributed by atoms with Gasteiger partial charge < -0.3 is 9.64 Å². The van der Waals surface area contributed by atoms with Crippen LogP contribution in [0, 0.1) is 17.2 Å². The Bertz CT molecular complexity index is 796. The number of aromatic nitrogens is 2. The number of halogens is 3. The lowest BCUT2D eigenvalue weighted by Crippen LogP contribution is -2.36. The molecule has 2 aromatic rings. The summed E-state index contributed by atoms with van der Waals surface area (Å²) in [7, 11) is 0. The van der Waals surface area contributed by atoms with Gasteiger partial charge in [-0.2, -0.15) is 18.4 Å². The van der Waals surface area contributed by atoms with Crippen molar-refractivity contribution in [2.24, 2.45) is 5.92 Å². The lowest BCUT2D eigenvalue weighted by Gasteiger charge is -2.33. The van der Waals surface area contributed by atoms with Gasteiger partial charge in [0.2, 0.25) is 0 Å². The SMILES string of the molecule is N#Cc1ccncc1N1CCC(COc2ccnc(C(F)(F)F)c2)CC1. The molecule has 3 rings (SSSR count). The number of hydrogen-bond acceptors (Lipinski definition) is 5. The largest absolute Gasteiger partial charge is 0.493 e. The first kappa shape index (κ1) is 18.0. The summed E-state index contributed by atoms with van der Waals surface area (Å²) in [5.74, 6) is 0.421. The van der Waals surface area contributed by atoms with Crippen LogP contribution in [0.25, 0.3) is 0 Å². The Labute approximate surface area is 149 Å². The average molecular weight is 362 g/mol. The second kappa shape index (κ2) is 7.60. The fourth-order valence-corrected chi connectivity index (χ4v) is 2.94. The maximum Gasteiger partial charge on any atom is 0.433 e. The molecular weight excluding hydrogens is 345 g/mol. The van der Waals surface area contributed by atoms with Crippen LogP contribution in [0.5, 0.6) is 5.75 Å². The molecule has 136 valence electrons. The molecular formula is C18H17F3N4O. The number of pyridine rings is 2. The molecule has 1 saturated heterocycles. The van der Waals surface area contributed by atoms with Gasteiger partial charge >= 0.3 is 6.18 Å². The van der Waals surface area contributed by atoms with Crippen molar-refractivity contribution < 1.29 is 17.9 Å². The molecule has 0 atom stereocenters. The number of ether oxygens (including phenoxy) is 1. The summed E-state index contributed by atoms with van der Waals surface area (Å²) < 4.78 is 43.6. The van der Waals surface area contributed by atoms with Crippen LogP contribution in [-0.2, 0) is 6.18 Å². The van der Waals surface area contributed by atoms with E-state index in [1.165, 1.54) is 6.07 Å². The summed E-state index contributed by atoms with van der Waals surface area (Å²) in [6.07, 6.45) is 1.56. The van der Waals surface area contributed by atoms with Crippen LogP contribution in [0.3, 0.4) is 0 Å². The summed E-state index contributed by atoms with van der Waals surface area (Å²) >= 11 is 0. The smallest absolute Gasteiger partial charge is 0.433 e. The number of nitrogens with zero attached hydrogens (tertiary/aromatic N) is 4. The summed E-state index contributed by atoms with van der Waals surface area (Å²) in [5.41, 5.74) is 0.454. The third-order valence-corrected chi connectivity index (χ3v) is 4.38. The average Bonchev–Trinajstić information content (AvgIpc) is 2.66. The van der Waals surface area contributed by atoms with Crippen molar-refractivity contribution in [1.29, 1.82) is 5.26 Å². The van der Waals surface area contributed by atoms with Crippen molar-refractivity contribution in [3.63, 3.8) is 0 Å². The Morgan fingerprint density at radius 2 is 2.00 bits per heavy atom. The molecule has 0 bridgehead atoms. The van der Waals surface area contributed by atoms with E-state index >= 15 is 0 Å². The molecule has 8 heteroatoms. The van der Waals surface area contributed by atoms with E-state index in [0.717, 1.165) is 43.9 Å². The van der Waals surface area contributed by atoms with Gasteiger partial charge in [0.1, 0.15) is 17.5 Å². The molecule has 0 aliphatic carbocycles. The molecule has 1 aliphatic heterocycles. The molecule has 0 spiro atoms. The summed E-state index contributed by atoms with van der Waals surface area (Å²) in [6, 6.07) is 6.20. The molecule has 0 radical (unpaired) electrons. The molecule has 2 aromatic heterocycles. The van der Waals surface area contributed by atoms with E-state index in [1.807, 2.05) is 0 Å². The summed E-state index contributed by atoms with van der Waals surface area (Å²) in [4.78, 5) is 9.50. The third-order valence-electron chi connectivity index (χ3n) is 4.38. The first-order valence-corrected chi connectivity index (χ1v) is 8.22. The summed E-state index contributed by atoms with van der Waals surface area (Å²) in [6.45, 7) is 1.85. The molecule has 1 fully saturated rings. The van der Waals surface area contributed by atoms with Gasteiger partial charge in [0.05, 0.1) is 24.1 Å². The van der Waals surface area contributed by atoms with Gasteiger partial charge in [0.25, 0.3) is 0 Å². The fourth-order valence-electron chi connectivity index (χ4n) is 2.94. The normalized spacial score (nSPS) is 15.5. The quantitative estimate of drug-likeness (QED) is 0.831. The standard InChI is InChI=1S/C18H17F3N4O/c19-18(20,21)17-9-15(2-6-24-17)26-12-13-3-7-25(8-4-13)16-11-23-5-1-14(16)10-22/h1-2,5-6,9,11,13H,3-4,7-8,12H2. The first-order chi connectivity index (χ1) is 12.5. The van der Waals surface area contributed by atoms with Crippen LogP contribution in [0.4, 0.5) is 18.9 Å². The lowest BCUT2D eigenvalue weighted by molar-refractivity contribution is -0.141. The Hall–Kier alpha value is -2.82. The fraction of sp³-hybridized carbons (Fsp3) is 0.389. The zero-order chi connectivity index (χ0) is 18.6. The highest BCUT2D eigenvalue weighted by Crippen LogP contribution is 2.30. The number of nitriles is 1. The van der Waals surface area contributed by atoms with Crippen LogP contribution >= 0.6 is 0 Å². The van der Waals surface area contributed by atoms with Gasteiger partial charge in [-0.25, -0.2) is 0 Å². The lowest BCUT2D eigenvalue weighted by atomic mass is 9.97. The Kier molecular flexibility index (Phi) is 5.26. The van der Waals surface area contributed by atoms with E-state index in [4.69, 9.17) is 4.74 Å². The van der Waals surface area contributed by atoms with Gasteiger partial charge in [0.15, 0.2) is 0 Å². The van der Waals surface area contributed by atoms with Gasteiger partial charge in [0, 0.05) is 31.5 Å². The van der Waals surface area contributed by atoms with Crippen molar-refractivity contribution in [3.05, 3.63) is 48.0 Å². The molecule has 26 heavy (non-hydrogen) atoms. The van der Waals surface area contributed by atoms with Crippen molar-refractivity contribution in [2.75, 3.05) is 24.6 Å². The summed E-state index contributed by atoms with van der Waals surface area (Å²) in [5, 5.41) is 9.18. The van der Waals surface area contributed by atoms with Crippen LogP contribution in [-0.4, -0.2) is 29.7 Å². The van der Waals surface area contributed by atoms with E-state index in [9.17, 15) is 18.4 Å². The maximum atomic E-state index is 12.7. The van der Waals surface area contributed by atoms with E-state index < -0.39 is 11.9 Å². The van der Waals surface area contributed by atoms with E-state index in [1.54, 1.807) is 18.5 Å². The molecule has 0 amide bonds. The molecule has 3 heterocycles. The number of alkyl halides is 3. The van der Waals surface area contributed by atoms with Crippen molar-refractivity contribution in [2.45, 2.75) is 19.0 Å². The predicted octanol–water partition coefficient (Wildman–Crippen LogP) is 3.66. The van der Waals surface area contributed by atoms with Gasteiger partial charge in [-0.05, 0) is 30.9 Å². The molecule has 0 saturated carbocycles. The Balaban J connectivity index is 1.54. The van der Waals surface area contributed by atoms with Crippen LogP contribution in [0.15, 0.2) is 36.8 Å². The molecule has 0 N–H and O–H groups in total. The number of piperidine rings is 1. The predicted molar refractivity (Wildman–Crippen MR) is 88.6 cm³/mol. The Morgan fingerprint density at radius 1 is 1.23 bits per heavy atom. The van der Waals surface area contributed by atoms with Crippen molar-refractivity contribution >= 4 is 5.69 Å². The number of hydrogen-bond donors (Lipinski definition) is 0. The highest BCUT2D eigenvalue weighted by molar-refractivity contribution is 5.57. The van der Waals surface area contributed by atoms with Crippen LogP contribution < -0.4 is 9.64 Å². The van der Waals surface area contributed by atoms with Gasteiger partial charge in [-0.1, -0.05) is 0 Å². The highest BCUT2D eigenvalue weighted by atomic mass is 19.4. The van der Waals surface area contributed by atoms with Crippen molar-refractivity contribution in [1.82, 2.24) is 9.97 Å². The maximum absolute atomic E-state index is 12.7. The molecule has 1 aliphatic rings. The zero-order valence-corrected chi connectivity index (χ0v) is 13.9. The molecule has 0 aromatic carbocycles. The van der Waals surface area contributed by atoms with Crippen LogP contribution in [0.2, 0.25) is 0 Å². The molecule has 0 unspecified atom stereocenters. The van der Waals surface area contributed by atoms with Crippen molar-refractivity contribution in [3.8, 4) is 11.8 Å². The molecule has 5 nitrogen and oxygen atoms in total. The zero-order valence-electron chi connectivity index (χ0n) is 13.9. The highest BCUT2D eigenvalue weighted by Gasteiger charge is 2.32. The van der Waals surface area contributed by atoms with Gasteiger partial charge in [-0.15, -0.1) is 0 Å². The minimum absolute atomic E-state index is 0.175. The monoisotopic (exact) mass is 362 g/mol. The topological polar surface area (TPSA) is 62.0 Å². The van der Waals surface area contributed by atoms with E-state index in [0.29, 0.717) is 12.2 Å².